The Kier molecular flexibility index (Phi) is 5.08. The third kappa shape index (κ3) is 3.85. The molecule has 7 nitrogen and oxygen atoms in total. The number of benzene rings is 2. The molecule has 0 aliphatic carbocycles. The lowest BCUT2D eigenvalue weighted by Gasteiger charge is -2.26. The predicted octanol–water partition coefficient (Wildman–Crippen LogP) is 2.89. The second kappa shape index (κ2) is 7.43. The van der Waals surface area contributed by atoms with Crippen molar-refractivity contribution < 1.29 is 19.2 Å². The highest BCUT2D eigenvalue weighted by molar-refractivity contribution is 7.98. The van der Waals surface area contributed by atoms with E-state index < -0.39 is 10.8 Å². The molecular formula is C17H16N2O5S. The lowest BCUT2D eigenvalue weighted by Crippen LogP contribution is -2.40. The average molecular weight is 360 g/mol. The fourth-order valence-electron chi connectivity index (χ4n) is 2.45. The van der Waals surface area contributed by atoms with Gasteiger partial charge in [0.15, 0.2) is 11.5 Å². The number of nitrogens with zero attached hydrogens (tertiary/aromatic N) is 1. The van der Waals surface area contributed by atoms with Gasteiger partial charge in [-0.05, 0) is 30.5 Å². The molecular weight excluding hydrogens is 344 g/mol. The average Bonchev–Trinajstić information content (AvgIpc) is 2.65. The van der Waals surface area contributed by atoms with Gasteiger partial charge in [-0.1, -0.05) is 12.1 Å². The Morgan fingerprint density at radius 3 is 2.80 bits per heavy atom. The van der Waals surface area contributed by atoms with Gasteiger partial charge < -0.3 is 14.8 Å². The predicted molar refractivity (Wildman–Crippen MR) is 93.6 cm³/mol. The molecule has 2 aromatic carbocycles. The van der Waals surface area contributed by atoms with Gasteiger partial charge in [-0.3, -0.25) is 14.9 Å². The van der Waals surface area contributed by atoms with Crippen LogP contribution in [0.5, 0.6) is 11.5 Å². The van der Waals surface area contributed by atoms with Crippen LogP contribution in [0.1, 0.15) is 10.4 Å². The van der Waals surface area contributed by atoms with Gasteiger partial charge in [-0.2, -0.15) is 0 Å². The lowest BCUT2D eigenvalue weighted by atomic mass is 10.2. The highest BCUT2D eigenvalue weighted by Crippen LogP contribution is 2.31. The van der Waals surface area contributed by atoms with Crippen LogP contribution in [0.15, 0.2) is 47.4 Å². The number of fused-ring (bicyclic) bond motifs is 1. The van der Waals surface area contributed by atoms with Crippen molar-refractivity contribution in [3.63, 3.8) is 0 Å². The summed E-state index contributed by atoms with van der Waals surface area (Å²) in [5, 5.41) is 13.8. The van der Waals surface area contributed by atoms with Crippen molar-refractivity contribution in [1.82, 2.24) is 5.32 Å². The molecule has 0 saturated heterocycles. The largest absolute Gasteiger partial charge is 0.486 e. The first-order chi connectivity index (χ1) is 12.1. The molecule has 2 aromatic rings. The van der Waals surface area contributed by atoms with Gasteiger partial charge in [0.05, 0.1) is 16.4 Å². The van der Waals surface area contributed by atoms with E-state index in [9.17, 15) is 14.9 Å². The highest BCUT2D eigenvalue weighted by atomic mass is 32.2. The molecule has 0 radical (unpaired) electrons. The normalized spacial score (nSPS) is 15.5. The summed E-state index contributed by atoms with van der Waals surface area (Å²) in [5.41, 5.74) is 0.160. The van der Waals surface area contributed by atoms with Crippen molar-refractivity contribution in [2.24, 2.45) is 0 Å². The van der Waals surface area contributed by atoms with Crippen molar-refractivity contribution in [1.29, 1.82) is 0 Å². The summed E-state index contributed by atoms with van der Waals surface area (Å²) >= 11 is 1.26. The number of rotatable bonds is 5. The van der Waals surface area contributed by atoms with Crippen molar-refractivity contribution in [2.45, 2.75) is 11.0 Å². The maximum atomic E-state index is 12.3. The van der Waals surface area contributed by atoms with Gasteiger partial charge in [0.25, 0.3) is 11.6 Å². The second-order valence-electron chi connectivity index (χ2n) is 5.35. The van der Waals surface area contributed by atoms with Crippen molar-refractivity contribution in [3.8, 4) is 11.5 Å². The quantitative estimate of drug-likeness (QED) is 0.501. The topological polar surface area (TPSA) is 90.7 Å². The van der Waals surface area contributed by atoms with E-state index >= 15 is 0 Å². The highest BCUT2D eigenvalue weighted by Gasteiger charge is 2.22. The standard InChI is InChI=1S/C17H16N2O5S/c1-25-16-7-6-11(8-13(16)19(21)22)17(20)18-9-12-10-23-14-4-2-3-5-15(14)24-12/h2-8,12H,9-10H2,1H3,(H,18,20). The number of nitro benzene ring substituents is 1. The number of hydrogen-bond donors (Lipinski definition) is 1. The molecule has 0 fully saturated rings. The zero-order valence-electron chi connectivity index (χ0n) is 13.4. The van der Waals surface area contributed by atoms with Crippen molar-refractivity contribution in [3.05, 3.63) is 58.1 Å². The molecule has 8 heteroatoms. The number of hydrogen-bond acceptors (Lipinski definition) is 6. The van der Waals surface area contributed by atoms with Crippen LogP contribution in [0.4, 0.5) is 5.69 Å². The lowest BCUT2D eigenvalue weighted by molar-refractivity contribution is -0.387. The Bertz CT molecular complexity index is 811. The molecule has 1 atom stereocenters. The van der Waals surface area contributed by atoms with Gasteiger partial charge in [0.1, 0.15) is 12.7 Å². The Morgan fingerprint density at radius 2 is 2.08 bits per heavy atom. The third-order valence-electron chi connectivity index (χ3n) is 3.70. The summed E-state index contributed by atoms with van der Waals surface area (Å²) in [5.74, 6) is 0.916. The summed E-state index contributed by atoms with van der Waals surface area (Å²) in [6.45, 7) is 0.564. The van der Waals surface area contributed by atoms with Crippen LogP contribution in [0, 0.1) is 10.1 Å². The number of nitro groups is 1. The fourth-order valence-corrected chi connectivity index (χ4v) is 2.99. The Labute approximate surface area is 148 Å². The number of nitrogens with one attached hydrogen (secondary N) is 1. The van der Waals surface area contributed by atoms with Crippen LogP contribution in [-0.4, -0.2) is 36.3 Å². The molecule has 1 aliphatic heterocycles. The first-order valence-corrected chi connectivity index (χ1v) is 8.80. The van der Waals surface area contributed by atoms with Crippen LogP contribution >= 0.6 is 11.8 Å². The molecule has 3 rings (SSSR count). The summed E-state index contributed by atoms with van der Waals surface area (Å²) in [7, 11) is 0. The van der Waals surface area contributed by atoms with Crippen LogP contribution in [-0.2, 0) is 0 Å². The molecule has 0 saturated carbocycles. The van der Waals surface area contributed by atoms with Gasteiger partial charge in [-0.25, -0.2) is 0 Å². The fraction of sp³-hybridized carbons (Fsp3) is 0.235. The Morgan fingerprint density at radius 1 is 1.32 bits per heavy atom. The molecule has 25 heavy (non-hydrogen) atoms. The smallest absolute Gasteiger partial charge is 0.283 e. The van der Waals surface area contributed by atoms with Crippen LogP contribution < -0.4 is 14.8 Å². The first-order valence-electron chi connectivity index (χ1n) is 7.57. The van der Waals surface area contributed by atoms with E-state index in [1.165, 1.54) is 17.8 Å². The van der Waals surface area contributed by atoms with Crippen LogP contribution in [0.2, 0.25) is 0 Å². The SMILES string of the molecule is CSc1ccc(C(=O)NCC2COc3ccccc3O2)cc1[N+](=O)[O-]. The van der Waals surface area contributed by atoms with Gasteiger partial charge in [-0.15, -0.1) is 11.8 Å². The van der Waals surface area contributed by atoms with Gasteiger partial charge >= 0.3 is 0 Å². The second-order valence-corrected chi connectivity index (χ2v) is 6.20. The first kappa shape index (κ1) is 17.1. The maximum absolute atomic E-state index is 12.3. The Hall–Kier alpha value is -2.74. The van der Waals surface area contributed by atoms with Gasteiger partial charge in [0, 0.05) is 11.6 Å². The van der Waals surface area contributed by atoms with E-state index in [0.29, 0.717) is 23.0 Å². The maximum Gasteiger partial charge on any atom is 0.283 e. The zero-order chi connectivity index (χ0) is 17.8. The van der Waals surface area contributed by atoms with E-state index in [1.54, 1.807) is 24.5 Å². The number of para-hydroxylation sites is 2. The Balaban J connectivity index is 1.64. The molecule has 1 N–H and O–H groups in total. The monoisotopic (exact) mass is 360 g/mol. The molecule has 0 bridgehead atoms. The minimum absolute atomic E-state index is 0.0775. The third-order valence-corrected chi connectivity index (χ3v) is 4.48. The van der Waals surface area contributed by atoms with Crippen molar-refractivity contribution in [2.75, 3.05) is 19.4 Å². The molecule has 1 amide bonds. The van der Waals surface area contributed by atoms with E-state index in [4.69, 9.17) is 9.47 Å². The number of ether oxygens (including phenoxy) is 2. The van der Waals surface area contributed by atoms with Crippen LogP contribution in [0.25, 0.3) is 0 Å². The summed E-state index contributed by atoms with van der Waals surface area (Å²) in [4.78, 5) is 23.4. The van der Waals surface area contributed by atoms with E-state index in [-0.39, 0.29) is 23.9 Å². The number of thioether (sulfide) groups is 1. The minimum atomic E-state index is -0.488. The molecule has 1 unspecified atom stereocenters. The van der Waals surface area contributed by atoms with Gasteiger partial charge in [0.2, 0.25) is 0 Å². The number of amides is 1. The summed E-state index contributed by atoms with van der Waals surface area (Å²) < 4.78 is 11.4. The molecule has 130 valence electrons. The summed E-state index contributed by atoms with van der Waals surface area (Å²) in [6.07, 6.45) is 1.43. The van der Waals surface area contributed by atoms with E-state index in [0.717, 1.165) is 0 Å². The van der Waals surface area contributed by atoms with Crippen molar-refractivity contribution >= 4 is 23.4 Å². The van der Waals surface area contributed by atoms with Crippen LogP contribution in [0.3, 0.4) is 0 Å². The molecule has 1 aliphatic rings. The molecule has 0 aromatic heterocycles. The minimum Gasteiger partial charge on any atom is -0.486 e. The van der Waals surface area contributed by atoms with E-state index in [1.807, 2.05) is 18.2 Å². The zero-order valence-corrected chi connectivity index (χ0v) is 14.2. The summed E-state index contributed by atoms with van der Waals surface area (Å²) in [6, 6.07) is 11.7. The number of carbonyl (C=O) groups excluding carboxylic acids is 1. The number of carbonyl (C=O) groups is 1. The molecule has 1 heterocycles. The van der Waals surface area contributed by atoms with E-state index in [2.05, 4.69) is 5.32 Å². The molecule has 0 spiro atoms.